The molecule has 172 valence electrons. The monoisotopic (exact) mass is 446 g/mol. The number of carbonyl (C=O) groups is 2. The molecule has 0 saturated heterocycles. The van der Waals surface area contributed by atoms with E-state index >= 15 is 0 Å². The smallest absolute Gasteiger partial charge is 0.318 e. The number of ether oxygens (including phenoxy) is 1. The van der Waals surface area contributed by atoms with E-state index < -0.39 is 5.91 Å². The number of rotatable bonds is 4. The predicted octanol–water partition coefficient (Wildman–Crippen LogP) is 4.68. The number of benzene rings is 2. The van der Waals surface area contributed by atoms with Crippen LogP contribution >= 0.6 is 0 Å². The number of carbonyl (C=O) groups excluding carboxylic acids is 2. The number of nitrogens with one attached hydrogen (secondary N) is 1. The Morgan fingerprint density at radius 3 is 2.21 bits per heavy atom. The zero-order valence-corrected chi connectivity index (χ0v) is 19.5. The Balaban J connectivity index is 1.65. The third kappa shape index (κ3) is 4.72. The number of hydrogen-bond acceptors (Lipinski definition) is 3. The molecule has 0 saturated carbocycles. The molecule has 3 N–H and O–H groups in total. The second-order valence-electron chi connectivity index (χ2n) is 9.34. The van der Waals surface area contributed by atoms with Crippen LogP contribution in [-0.2, 0) is 13.1 Å². The minimum Gasteiger partial charge on any atom is -0.457 e. The molecular weight excluding hydrogens is 416 g/mol. The number of nitrogens with two attached hydrogens (primary N) is 1. The number of aromatic nitrogens is 1. The van der Waals surface area contributed by atoms with E-state index in [9.17, 15) is 9.59 Å². The molecule has 0 spiro atoms. The highest BCUT2D eigenvalue weighted by atomic mass is 16.5. The van der Waals surface area contributed by atoms with Crippen molar-refractivity contribution in [2.75, 3.05) is 6.54 Å². The van der Waals surface area contributed by atoms with Gasteiger partial charge in [0.1, 0.15) is 11.5 Å². The Morgan fingerprint density at radius 2 is 1.61 bits per heavy atom. The standard InChI is InChI=1S/C26H30N4O3/c1-17-22(18-10-12-20(13-11-18)33-19-8-6-5-7-9-19)23(24(27)31)21-16-29(14-15-30(17)21)25(32)28-26(2,3)4/h5-13H,14-16H2,1-4H3,(H2,27,31)(H,28,32). The van der Waals surface area contributed by atoms with Crippen LogP contribution in [-0.4, -0.2) is 33.5 Å². The average molecular weight is 447 g/mol. The van der Waals surface area contributed by atoms with Gasteiger partial charge in [-0.05, 0) is 57.5 Å². The molecule has 3 aromatic rings. The van der Waals surface area contributed by atoms with Gasteiger partial charge < -0.3 is 25.3 Å². The lowest BCUT2D eigenvalue weighted by Crippen LogP contribution is -2.50. The minimum absolute atomic E-state index is 0.146. The van der Waals surface area contributed by atoms with Gasteiger partial charge in [0.2, 0.25) is 0 Å². The number of primary amides is 1. The molecule has 7 nitrogen and oxygen atoms in total. The maximum Gasteiger partial charge on any atom is 0.318 e. The van der Waals surface area contributed by atoms with Gasteiger partial charge in [-0.2, -0.15) is 0 Å². The van der Waals surface area contributed by atoms with Crippen molar-refractivity contribution >= 4 is 11.9 Å². The van der Waals surface area contributed by atoms with Gasteiger partial charge in [0.15, 0.2) is 0 Å². The largest absolute Gasteiger partial charge is 0.457 e. The van der Waals surface area contributed by atoms with Crippen molar-refractivity contribution in [2.45, 2.75) is 46.3 Å². The number of nitrogens with zero attached hydrogens (tertiary/aromatic N) is 2. The maximum atomic E-state index is 12.7. The van der Waals surface area contributed by atoms with Gasteiger partial charge in [-0.1, -0.05) is 30.3 Å². The van der Waals surface area contributed by atoms with Gasteiger partial charge in [-0.3, -0.25) is 4.79 Å². The first-order chi connectivity index (χ1) is 15.6. The van der Waals surface area contributed by atoms with E-state index in [2.05, 4.69) is 9.88 Å². The van der Waals surface area contributed by atoms with Gasteiger partial charge in [0, 0.05) is 29.9 Å². The van der Waals surface area contributed by atoms with E-state index in [1.54, 1.807) is 4.90 Å². The highest BCUT2D eigenvalue weighted by Gasteiger charge is 2.31. The zero-order chi connectivity index (χ0) is 23.8. The minimum atomic E-state index is -0.496. The topological polar surface area (TPSA) is 89.6 Å². The molecule has 3 amide bonds. The Kier molecular flexibility index (Phi) is 5.89. The fourth-order valence-electron chi connectivity index (χ4n) is 4.25. The Hall–Kier alpha value is -3.74. The summed E-state index contributed by atoms with van der Waals surface area (Å²) in [5.74, 6) is 0.967. The summed E-state index contributed by atoms with van der Waals surface area (Å²) < 4.78 is 7.99. The molecular formula is C26H30N4O3. The summed E-state index contributed by atoms with van der Waals surface area (Å²) in [6.45, 7) is 9.32. The summed E-state index contributed by atoms with van der Waals surface area (Å²) in [6.07, 6.45) is 0. The lowest BCUT2D eigenvalue weighted by Gasteiger charge is -2.32. The van der Waals surface area contributed by atoms with Crippen LogP contribution in [0.2, 0.25) is 0 Å². The number of fused-ring (bicyclic) bond motifs is 1. The van der Waals surface area contributed by atoms with Crippen LogP contribution in [0.1, 0.15) is 42.5 Å². The molecule has 0 atom stereocenters. The molecule has 33 heavy (non-hydrogen) atoms. The first-order valence-electron chi connectivity index (χ1n) is 11.1. The van der Waals surface area contributed by atoms with Gasteiger partial charge in [0.05, 0.1) is 17.8 Å². The summed E-state index contributed by atoms with van der Waals surface area (Å²) in [6, 6.07) is 17.1. The molecule has 0 aliphatic carbocycles. The summed E-state index contributed by atoms with van der Waals surface area (Å²) in [5.41, 5.74) is 9.41. The van der Waals surface area contributed by atoms with Gasteiger partial charge in [0.25, 0.3) is 5.91 Å². The molecule has 0 radical (unpaired) electrons. The van der Waals surface area contributed by atoms with Crippen molar-refractivity contribution in [1.82, 2.24) is 14.8 Å². The normalized spacial score (nSPS) is 13.4. The van der Waals surface area contributed by atoms with Crippen LogP contribution in [0.5, 0.6) is 11.5 Å². The van der Waals surface area contributed by atoms with E-state index in [0.29, 0.717) is 30.9 Å². The summed E-state index contributed by atoms with van der Waals surface area (Å²) in [4.78, 5) is 27.0. The van der Waals surface area contributed by atoms with Crippen molar-refractivity contribution in [3.8, 4) is 22.6 Å². The molecule has 2 aromatic carbocycles. The van der Waals surface area contributed by atoms with Crippen molar-refractivity contribution in [3.63, 3.8) is 0 Å². The van der Waals surface area contributed by atoms with Crippen LogP contribution in [0.25, 0.3) is 11.1 Å². The molecule has 1 aromatic heterocycles. The molecule has 7 heteroatoms. The van der Waals surface area contributed by atoms with Crippen LogP contribution in [0.3, 0.4) is 0 Å². The van der Waals surface area contributed by atoms with Crippen LogP contribution in [0.4, 0.5) is 4.79 Å². The first-order valence-corrected chi connectivity index (χ1v) is 11.1. The lowest BCUT2D eigenvalue weighted by atomic mass is 9.99. The first kappa shape index (κ1) is 22.5. The van der Waals surface area contributed by atoms with E-state index in [0.717, 1.165) is 28.3 Å². The molecule has 2 heterocycles. The molecule has 1 aliphatic rings. The summed E-state index contributed by atoms with van der Waals surface area (Å²) in [7, 11) is 0. The van der Waals surface area contributed by atoms with Gasteiger partial charge in [-0.25, -0.2) is 4.79 Å². The van der Waals surface area contributed by atoms with Crippen LogP contribution in [0.15, 0.2) is 54.6 Å². The summed E-state index contributed by atoms with van der Waals surface area (Å²) in [5, 5.41) is 3.00. The second kappa shape index (κ2) is 8.65. The zero-order valence-electron chi connectivity index (χ0n) is 19.5. The van der Waals surface area contributed by atoms with Crippen molar-refractivity contribution < 1.29 is 14.3 Å². The molecule has 0 fully saturated rings. The Bertz CT molecular complexity index is 1170. The predicted molar refractivity (Wildman–Crippen MR) is 128 cm³/mol. The highest BCUT2D eigenvalue weighted by Crippen LogP contribution is 2.36. The Morgan fingerprint density at radius 1 is 0.970 bits per heavy atom. The van der Waals surface area contributed by atoms with Crippen LogP contribution in [0, 0.1) is 6.92 Å². The highest BCUT2D eigenvalue weighted by molar-refractivity contribution is 6.02. The second-order valence-corrected chi connectivity index (χ2v) is 9.34. The quantitative estimate of drug-likeness (QED) is 0.610. The van der Waals surface area contributed by atoms with E-state index in [4.69, 9.17) is 10.5 Å². The fraction of sp³-hybridized carbons (Fsp3) is 0.308. The number of urea groups is 1. The third-order valence-corrected chi connectivity index (χ3v) is 5.70. The Labute approximate surface area is 194 Å². The number of amides is 3. The molecule has 4 rings (SSSR count). The fourth-order valence-corrected chi connectivity index (χ4v) is 4.25. The third-order valence-electron chi connectivity index (χ3n) is 5.70. The number of hydrogen-bond donors (Lipinski definition) is 2. The SMILES string of the molecule is Cc1c(-c2ccc(Oc3ccccc3)cc2)c(C(N)=O)c2n1CCN(C(=O)NC(C)(C)C)C2. The molecule has 0 unspecified atom stereocenters. The van der Waals surface area contributed by atoms with Gasteiger partial charge >= 0.3 is 6.03 Å². The average Bonchev–Trinajstić information content (AvgIpc) is 3.06. The van der Waals surface area contributed by atoms with Crippen LogP contribution < -0.4 is 15.8 Å². The lowest BCUT2D eigenvalue weighted by molar-refractivity contribution is 0.0997. The molecule has 0 bridgehead atoms. The van der Waals surface area contributed by atoms with Crippen molar-refractivity contribution in [2.24, 2.45) is 5.73 Å². The summed E-state index contributed by atoms with van der Waals surface area (Å²) >= 11 is 0. The van der Waals surface area contributed by atoms with E-state index in [-0.39, 0.29) is 11.6 Å². The van der Waals surface area contributed by atoms with E-state index in [1.807, 2.05) is 82.3 Å². The number of para-hydroxylation sites is 1. The maximum absolute atomic E-state index is 12.7. The van der Waals surface area contributed by atoms with Gasteiger partial charge in [-0.15, -0.1) is 0 Å². The van der Waals surface area contributed by atoms with Crippen molar-refractivity contribution in [1.29, 1.82) is 0 Å². The van der Waals surface area contributed by atoms with Crippen molar-refractivity contribution in [3.05, 3.63) is 71.5 Å². The van der Waals surface area contributed by atoms with E-state index in [1.165, 1.54) is 0 Å². The molecule has 1 aliphatic heterocycles.